The predicted molar refractivity (Wildman–Crippen MR) is 73.2 cm³/mol. The number of halogens is 2. The van der Waals surface area contributed by atoms with Gasteiger partial charge in [0, 0.05) is 14.0 Å². The topological polar surface area (TPSA) is 86.7 Å². The third-order valence-corrected chi connectivity index (χ3v) is 3.05. The van der Waals surface area contributed by atoms with E-state index < -0.39 is 23.7 Å². The first-order valence-electron chi connectivity index (χ1n) is 5.91. The molecule has 0 bridgehead atoms. The number of carboxylic acid groups (broad SMARTS) is 1. The van der Waals surface area contributed by atoms with Crippen LogP contribution in [0.15, 0.2) is 18.2 Å². The minimum atomic E-state index is -1.43. The summed E-state index contributed by atoms with van der Waals surface area (Å²) in [5.74, 6) is -3.14. The van der Waals surface area contributed by atoms with Gasteiger partial charge in [0.05, 0.1) is 11.6 Å². The first kappa shape index (κ1) is 16.9. The molecule has 114 valence electrons. The predicted octanol–water partition coefficient (Wildman–Crippen LogP) is 1.20. The Kier molecular flexibility index (Phi) is 5.66. The number of aliphatic carboxylic acids is 1. The standard InChI is InChI=1S/C13H14ClFN2O4/c1-7(18)17(2)6-11(19)16-12(13(20)21)8-3-4-9(14)10(15)5-8/h3-5,12H,6H2,1-2H3,(H,16,19)(H,20,21). The number of carbonyl (C=O) groups excluding carboxylic acids is 2. The summed E-state index contributed by atoms with van der Waals surface area (Å²) < 4.78 is 13.4. The van der Waals surface area contributed by atoms with E-state index in [2.05, 4.69) is 5.32 Å². The summed E-state index contributed by atoms with van der Waals surface area (Å²) in [4.78, 5) is 35.0. The third kappa shape index (κ3) is 4.71. The van der Waals surface area contributed by atoms with Crippen molar-refractivity contribution in [3.05, 3.63) is 34.6 Å². The highest BCUT2D eigenvalue weighted by Crippen LogP contribution is 2.20. The van der Waals surface area contributed by atoms with Gasteiger partial charge in [-0.1, -0.05) is 17.7 Å². The zero-order chi connectivity index (χ0) is 16.2. The first-order valence-corrected chi connectivity index (χ1v) is 6.29. The van der Waals surface area contributed by atoms with Crippen LogP contribution in [0.5, 0.6) is 0 Å². The fourth-order valence-corrected chi connectivity index (χ4v) is 1.63. The van der Waals surface area contributed by atoms with Crippen LogP contribution in [0.25, 0.3) is 0 Å². The number of benzene rings is 1. The van der Waals surface area contributed by atoms with Crippen molar-refractivity contribution in [1.29, 1.82) is 0 Å². The fourth-order valence-electron chi connectivity index (χ4n) is 1.51. The van der Waals surface area contributed by atoms with Crippen LogP contribution < -0.4 is 5.32 Å². The Morgan fingerprint density at radius 2 is 2.05 bits per heavy atom. The van der Waals surface area contributed by atoms with Crippen LogP contribution >= 0.6 is 11.6 Å². The summed E-state index contributed by atoms with van der Waals surface area (Å²) in [5, 5.41) is 11.2. The number of amides is 2. The van der Waals surface area contributed by atoms with Gasteiger partial charge in [0.2, 0.25) is 11.8 Å². The average molecular weight is 317 g/mol. The quantitative estimate of drug-likeness (QED) is 0.854. The smallest absolute Gasteiger partial charge is 0.330 e. The summed E-state index contributed by atoms with van der Waals surface area (Å²) >= 11 is 5.52. The van der Waals surface area contributed by atoms with Crippen LogP contribution in [0.1, 0.15) is 18.5 Å². The van der Waals surface area contributed by atoms with Gasteiger partial charge in [0.25, 0.3) is 0 Å². The van der Waals surface area contributed by atoms with Gasteiger partial charge >= 0.3 is 5.97 Å². The first-order chi connectivity index (χ1) is 9.72. The highest BCUT2D eigenvalue weighted by atomic mass is 35.5. The molecular formula is C13H14ClFN2O4. The van der Waals surface area contributed by atoms with Gasteiger partial charge in [-0.25, -0.2) is 9.18 Å². The molecule has 1 aromatic rings. The lowest BCUT2D eigenvalue weighted by Gasteiger charge is -2.18. The molecule has 2 N–H and O–H groups in total. The number of carbonyl (C=O) groups is 3. The monoisotopic (exact) mass is 316 g/mol. The number of rotatable bonds is 5. The Hall–Kier alpha value is -2.15. The van der Waals surface area contributed by atoms with Gasteiger partial charge in [-0.3, -0.25) is 9.59 Å². The molecule has 0 fully saturated rings. The van der Waals surface area contributed by atoms with E-state index in [-0.39, 0.29) is 23.0 Å². The lowest BCUT2D eigenvalue weighted by Crippen LogP contribution is -2.41. The molecule has 0 aliphatic carbocycles. The molecule has 0 radical (unpaired) electrons. The lowest BCUT2D eigenvalue weighted by molar-refractivity contribution is -0.142. The Balaban J connectivity index is 2.88. The second kappa shape index (κ2) is 7.03. The van der Waals surface area contributed by atoms with Crippen molar-refractivity contribution in [2.24, 2.45) is 0 Å². The van der Waals surface area contributed by atoms with E-state index in [9.17, 15) is 18.8 Å². The summed E-state index contributed by atoms with van der Waals surface area (Å²) in [6.07, 6.45) is 0. The highest BCUT2D eigenvalue weighted by Gasteiger charge is 2.23. The lowest BCUT2D eigenvalue weighted by atomic mass is 10.1. The molecule has 6 nitrogen and oxygen atoms in total. The van der Waals surface area contributed by atoms with Crippen molar-refractivity contribution in [3.8, 4) is 0 Å². The van der Waals surface area contributed by atoms with Gasteiger partial charge in [0.1, 0.15) is 5.82 Å². The average Bonchev–Trinajstić information content (AvgIpc) is 2.38. The molecule has 0 saturated carbocycles. The summed E-state index contributed by atoms with van der Waals surface area (Å²) in [6, 6.07) is 2.02. The number of likely N-dealkylation sites (N-methyl/N-ethyl adjacent to an activating group) is 1. The van der Waals surface area contributed by atoms with E-state index in [1.807, 2.05) is 0 Å². The molecule has 2 amide bonds. The molecule has 8 heteroatoms. The van der Waals surface area contributed by atoms with Crippen LogP contribution in [-0.2, 0) is 14.4 Å². The maximum atomic E-state index is 13.4. The molecule has 1 aromatic carbocycles. The van der Waals surface area contributed by atoms with E-state index in [0.29, 0.717) is 0 Å². The van der Waals surface area contributed by atoms with Crippen molar-refractivity contribution in [1.82, 2.24) is 10.2 Å². The molecule has 0 aliphatic rings. The van der Waals surface area contributed by atoms with E-state index in [1.54, 1.807) is 0 Å². The van der Waals surface area contributed by atoms with E-state index >= 15 is 0 Å². The van der Waals surface area contributed by atoms with Crippen LogP contribution in [0.2, 0.25) is 5.02 Å². The minimum Gasteiger partial charge on any atom is -0.479 e. The Morgan fingerprint density at radius 1 is 1.43 bits per heavy atom. The number of nitrogens with zero attached hydrogens (tertiary/aromatic N) is 1. The Bertz CT molecular complexity index is 579. The van der Waals surface area contributed by atoms with E-state index in [4.69, 9.17) is 16.7 Å². The molecule has 0 heterocycles. The van der Waals surface area contributed by atoms with Crippen LogP contribution in [0.3, 0.4) is 0 Å². The maximum absolute atomic E-state index is 13.4. The number of hydrogen-bond acceptors (Lipinski definition) is 3. The Labute approximate surface area is 125 Å². The largest absolute Gasteiger partial charge is 0.479 e. The van der Waals surface area contributed by atoms with Crippen molar-refractivity contribution in [2.45, 2.75) is 13.0 Å². The van der Waals surface area contributed by atoms with Gasteiger partial charge in [-0.05, 0) is 17.7 Å². The molecule has 21 heavy (non-hydrogen) atoms. The van der Waals surface area contributed by atoms with Crippen molar-refractivity contribution in [2.75, 3.05) is 13.6 Å². The SMILES string of the molecule is CC(=O)N(C)CC(=O)NC(C(=O)O)c1ccc(Cl)c(F)c1. The summed E-state index contributed by atoms with van der Waals surface area (Å²) in [6.45, 7) is 0.978. The second-order valence-corrected chi connectivity index (χ2v) is 4.79. The molecule has 0 spiro atoms. The van der Waals surface area contributed by atoms with Crippen molar-refractivity contribution in [3.63, 3.8) is 0 Å². The zero-order valence-corrected chi connectivity index (χ0v) is 12.1. The van der Waals surface area contributed by atoms with Crippen molar-refractivity contribution < 1.29 is 23.9 Å². The van der Waals surface area contributed by atoms with E-state index in [0.717, 1.165) is 11.0 Å². The minimum absolute atomic E-state index is 0.0447. The number of nitrogens with one attached hydrogen (secondary N) is 1. The number of carboxylic acids is 1. The molecule has 0 aromatic heterocycles. The van der Waals surface area contributed by atoms with Gasteiger partial charge in [0.15, 0.2) is 6.04 Å². The highest BCUT2D eigenvalue weighted by molar-refractivity contribution is 6.30. The van der Waals surface area contributed by atoms with E-state index in [1.165, 1.54) is 26.1 Å². The maximum Gasteiger partial charge on any atom is 0.330 e. The normalized spacial score (nSPS) is 11.6. The molecule has 0 saturated heterocycles. The van der Waals surface area contributed by atoms with Crippen LogP contribution in [-0.4, -0.2) is 41.4 Å². The Morgan fingerprint density at radius 3 is 2.52 bits per heavy atom. The van der Waals surface area contributed by atoms with Crippen LogP contribution in [0.4, 0.5) is 4.39 Å². The summed E-state index contributed by atoms with van der Waals surface area (Å²) in [5.41, 5.74) is 0.0447. The van der Waals surface area contributed by atoms with Crippen LogP contribution in [0, 0.1) is 5.82 Å². The molecular weight excluding hydrogens is 303 g/mol. The third-order valence-electron chi connectivity index (χ3n) is 2.75. The zero-order valence-electron chi connectivity index (χ0n) is 11.4. The molecule has 1 rings (SSSR count). The molecule has 1 unspecified atom stereocenters. The fraction of sp³-hybridized carbons (Fsp3) is 0.308. The second-order valence-electron chi connectivity index (χ2n) is 4.39. The van der Waals surface area contributed by atoms with Gasteiger partial charge in [-0.15, -0.1) is 0 Å². The molecule has 1 atom stereocenters. The number of hydrogen-bond donors (Lipinski definition) is 2. The van der Waals surface area contributed by atoms with Gasteiger partial charge in [-0.2, -0.15) is 0 Å². The molecule has 0 aliphatic heterocycles. The van der Waals surface area contributed by atoms with Gasteiger partial charge < -0.3 is 15.3 Å². The van der Waals surface area contributed by atoms with Crippen molar-refractivity contribution >= 4 is 29.4 Å². The summed E-state index contributed by atoms with van der Waals surface area (Å²) in [7, 11) is 1.40.